The van der Waals surface area contributed by atoms with E-state index in [0.29, 0.717) is 50.8 Å². The van der Waals surface area contributed by atoms with Crippen LogP contribution in [0.15, 0.2) is 10.3 Å². The molecule has 0 saturated carbocycles. The van der Waals surface area contributed by atoms with Crippen LogP contribution in [0.3, 0.4) is 0 Å². The molecule has 91 heavy (non-hydrogen) atoms. The van der Waals surface area contributed by atoms with Crippen LogP contribution >= 0.6 is 0 Å². The minimum atomic E-state index is -1.12. The lowest BCUT2D eigenvalue weighted by Gasteiger charge is -2.40. The van der Waals surface area contributed by atoms with Gasteiger partial charge in [0, 0.05) is 104 Å². The monoisotopic (exact) mass is 1330 g/mol. The number of oxime groups is 2. The normalized spacial score (nSPS) is 19.9. The van der Waals surface area contributed by atoms with E-state index in [0.717, 1.165) is 0 Å². The van der Waals surface area contributed by atoms with Gasteiger partial charge < -0.3 is 124 Å². The van der Waals surface area contributed by atoms with Crippen LogP contribution in [0.4, 0.5) is 0 Å². The molecule has 0 aromatic heterocycles. The van der Waals surface area contributed by atoms with Gasteiger partial charge in [-0.3, -0.25) is 48.0 Å². The first-order chi connectivity index (χ1) is 43.4. The number of methoxy groups -OCH3 is 5. The van der Waals surface area contributed by atoms with E-state index in [2.05, 4.69) is 62.5 Å². The number of hydrogen-bond donors (Lipinski definition) is 13. The third-order valence-electron chi connectivity index (χ3n) is 11.7. The maximum absolute atomic E-state index is 11.8. The average Bonchev–Trinajstić information content (AvgIpc) is 1.33. The van der Waals surface area contributed by atoms with Crippen molar-refractivity contribution >= 4 is 73.8 Å². The van der Waals surface area contributed by atoms with Gasteiger partial charge in [0.25, 0.3) is 11.8 Å². The number of amides is 4. The third kappa shape index (κ3) is 45.0. The van der Waals surface area contributed by atoms with E-state index in [1.165, 1.54) is 48.0 Å². The summed E-state index contributed by atoms with van der Waals surface area (Å²) >= 11 is 0. The second-order valence-electron chi connectivity index (χ2n) is 18.5. The van der Waals surface area contributed by atoms with E-state index in [1.807, 2.05) is 0 Å². The molecule has 39 heteroatoms. The number of aldehydes is 6. The van der Waals surface area contributed by atoms with Gasteiger partial charge in [-0.25, -0.2) is 11.8 Å². The van der Waals surface area contributed by atoms with Gasteiger partial charge in [0.2, 0.25) is 37.0 Å². The molecule has 1 rings (SSSR count). The van der Waals surface area contributed by atoms with Crippen LogP contribution in [0.2, 0.25) is 0 Å². The van der Waals surface area contributed by atoms with Crippen LogP contribution in [0.25, 0.3) is 0 Å². The molecular formula is C52H96N8O31. The summed E-state index contributed by atoms with van der Waals surface area (Å²) < 4.78 is 49.2. The number of hydrogen-bond acceptors (Lipinski definition) is 35. The van der Waals surface area contributed by atoms with E-state index in [9.17, 15) is 68.4 Å². The summed E-state index contributed by atoms with van der Waals surface area (Å²) in [4.78, 5) is 126. The minimum Gasteiger partial charge on any atom is -0.394 e. The van der Waals surface area contributed by atoms with Crippen LogP contribution in [0.1, 0.15) is 34.6 Å². The fraction of sp³-hybridized carbons (Fsp3) is 0.769. The molecule has 1 aliphatic rings. The van der Waals surface area contributed by atoms with Gasteiger partial charge in [-0.1, -0.05) is 44.9 Å². The lowest BCUT2D eigenvalue weighted by Crippen LogP contribution is -2.55. The molecule has 0 aromatic carbocycles. The van der Waals surface area contributed by atoms with Gasteiger partial charge in [-0.05, 0) is 0 Å². The molecule has 530 valence electrons. The molecule has 1 saturated heterocycles. The quantitative estimate of drug-likeness (QED) is 0.00885. The van der Waals surface area contributed by atoms with Crippen molar-refractivity contribution < 1.29 is 150 Å². The number of rotatable bonds is 46. The number of nitrogens with two attached hydrogens (primary N) is 2. The van der Waals surface area contributed by atoms with Crippen molar-refractivity contribution in [2.45, 2.75) is 109 Å². The average molecular weight is 1330 g/mol. The molecule has 4 amide bonds. The second kappa shape index (κ2) is 60.3. The molecule has 0 aromatic rings. The lowest BCUT2D eigenvalue weighted by molar-refractivity contribution is -0.280. The molecular weight excluding hydrogens is 1230 g/mol. The van der Waals surface area contributed by atoms with Gasteiger partial charge in [0.1, 0.15) is 31.9 Å². The minimum absolute atomic E-state index is 0.117. The zero-order valence-electron chi connectivity index (χ0n) is 52.6. The maximum Gasteiger partial charge on any atom is 0.260 e. The zero-order chi connectivity index (χ0) is 70.1. The number of carbonyl (C=O) groups is 10. The molecule has 1 aliphatic heterocycles. The Morgan fingerprint density at radius 2 is 0.758 bits per heavy atom. The first-order valence-electron chi connectivity index (χ1n) is 27.5. The van der Waals surface area contributed by atoms with Crippen molar-refractivity contribution in [1.82, 2.24) is 21.3 Å². The number of ether oxygens (including phenoxy) is 10. The fourth-order valence-electron chi connectivity index (χ4n) is 6.07. The number of aliphatic hydroxyl groups excluding tert-OH is 7. The van der Waals surface area contributed by atoms with Gasteiger partial charge >= 0.3 is 0 Å². The van der Waals surface area contributed by atoms with Crippen LogP contribution < -0.4 is 33.1 Å². The number of carbonyl (C=O) groups excluding carboxylic acids is 10. The molecule has 17 unspecified atom stereocenters. The number of nitrogens with zero attached hydrogens (tertiary/aromatic N) is 2. The Balaban J connectivity index is -0.000000583. The van der Waals surface area contributed by atoms with Crippen molar-refractivity contribution in [3.63, 3.8) is 0 Å². The summed E-state index contributed by atoms with van der Waals surface area (Å²) in [6, 6.07) is 0. The highest BCUT2D eigenvalue weighted by atomic mass is 16.7. The number of nitrogens with one attached hydrogen (secondary N) is 4. The number of aliphatic hydroxyl groups is 7. The summed E-state index contributed by atoms with van der Waals surface area (Å²) in [6.45, 7) is 6.22. The molecule has 17 atom stereocenters. The van der Waals surface area contributed by atoms with E-state index >= 15 is 0 Å². The van der Waals surface area contributed by atoms with Gasteiger partial charge in [-0.2, -0.15) is 0 Å². The summed E-state index contributed by atoms with van der Waals surface area (Å²) in [6.07, 6.45) is -4.82. The van der Waals surface area contributed by atoms with Crippen molar-refractivity contribution in [1.29, 1.82) is 0 Å². The van der Waals surface area contributed by atoms with E-state index < -0.39 is 110 Å². The summed E-state index contributed by atoms with van der Waals surface area (Å²) in [5.41, 5.74) is 0. The Labute approximate surface area is 526 Å². The zero-order valence-corrected chi connectivity index (χ0v) is 52.6. The maximum atomic E-state index is 11.8. The van der Waals surface area contributed by atoms with Crippen molar-refractivity contribution in [3.05, 3.63) is 0 Å². The molecule has 15 N–H and O–H groups in total. The van der Waals surface area contributed by atoms with Gasteiger partial charge in [0.05, 0.1) is 69.7 Å². The Morgan fingerprint density at radius 1 is 0.473 bits per heavy atom. The first kappa shape index (κ1) is 91.4. The SMILES string of the molecule is COC(C=O)OC(CO)C(C)C=NOCC(=O)NCCNC(=O)CO/N=C\C(C)C(CO)OC(C=O)OC.COC(C=O)OC(CO)C(C)C=O.COC(C=O)OC(CO)C(C)C=O.COC1OC(CO)C(C)C(O)C1O.NOCC(=O)NCCNC(=O)CON. The molecule has 0 spiro atoms. The summed E-state index contributed by atoms with van der Waals surface area (Å²) in [5.74, 6) is 5.52. The van der Waals surface area contributed by atoms with E-state index in [-0.39, 0.29) is 90.3 Å². The van der Waals surface area contributed by atoms with Crippen LogP contribution in [-0.4, -0.2) is 305 Å². The molecule has 1 fully saturated rings. The molecule has 0 aliphatic carbocycles. The molecule has 39 nitrogen and oxygen atoms in total. The Bertz CT molecular complexity index is 1840. The Morgan fingerprint density at radius 3 is 0.989 bits per heavy atom. The Hall–Kier alpha value is -6.00. The highest BCUT2D eigenvalue weighted by molar-refractivity contribution is 5.79. The smallest absolute Gasteiger partial charge is 0.260 e. The van der Waals surface area contributed by atoms with Gasteiger partial charge in [0.15, 0.2) is 44.6 Å². The van der Waals surface area contributed by atoms with Crippen LogP contribution in [0.5, 0.6) is 0 Å². The topological polar surface area (TPSA) is 566 Å². The van der Waals surface area contributed by atoms with Crippen LogP contribution in [-0.2, 0) is 115 Å². The Kier molecular flexibility index (Phi) is 60.5. The molecule has 1 heterocycles. The standard InChI is InChI=1S/C22H38N4O12.C8H16O5.2C8H14O5.C6H14N4O4/c1-15(17(9-27)37-21(11-29)33-3)7-25-35-13-19(31)23-5-6-24-20(32)14-36-26-8-16(2)18(10-28)38-22(12-30)34-4;1-4-5(3-9)13-8(12-2)7(11)6(4)10;2*1-6(3-9)7(4-10)13-8(5-11)12-2;7-13-3-5(11)9-1-2-10-6(12)4-14-8/h7-8,11-12,15-18,21-22,27-28H,5-6,9-10,13-14H2,1-4H3,(H,23,31)(H,24,32);4-11H,3H2,1-2H3;2*3,5-8,10H,4H2,1-2H3;1-4,7-8H2,(H,9,11)(H,10,12)/b25-7-,26-8?;;;;. The summed E-state index contributed by atoms with van der Waals surface area (Å²) in [7, 11) is 6.56. The largest absolute Gasteiger partial charge is 0.394 e. The fourth-order valence-corrected chi connectivity index (χ4v) is 6.07. The molecule has 0 bridgehead atoms. The van der Waals surface area contributed by atoms with E-state index in [1.54, 1.807) is 34.6 Å². The van der Waals surface area contributed by atoms with Crippen LogP contribution in [0, 0.1) is 29.6 Å². The summed E-state index contributed by atoms with van der Waals surface area (Å²) in [5, 5.41) is 81.4. The lowest BCUT2D eigenvalue weighted by atomic mass is 9.91. The molecule has 0 radical (unpaired) electrons. The predicted octanol–water partition coefficient (Wildman–Crippen LogP) is -7.96. The van der Waals surface area contributed by atoms with Crippen molar-refractivity contribution in [3.8, 4) is 0 Å². The highest BCUT2D eigenvalue weighted by Gasteiger charge is 2.42. The second-order valence-corrected chi connectivity index (χ2v) is 18.5. The third-order valence-corrected chi connectivity index (χ3v) is 11.7. The van der Waals surface area contributed by atoms with Gasteiger partial charge in [-0.15, -0.1) is 0 Å². The van der Waals surface area contributed by atoms with Crippen molar-refractivity contribution in [2.75, 3.05) is 121 Å². The van der Waals surface area contributed by atoms with Crippen molar-refractivity contribution in [2.24, 2.45) is 51.7 Å². The first-order valence-corrected chi connectivity index (χ1v) is 27.5. The van der Waals surface area contributed by atoms with E-state index in [4.69, 9.17) is 62.9 Å². The highest BCUT2D eigenvalue weighted by Crippen LogP contribution is 2.26. The predicted molar refractivity (Wildman–Crippen MR) is 309 cm³/mol.